The van der Waals surface area contributed by atoms with Gasteiger partial charge in [0.05, 0.1) is 11.5 Å². The number of ether oxygens (including phenoxy) is 4. The van der Waals surface area contributed by atoms with Gasteiger partial charge in [0, 0.05) is 19.8 Å². The number of cyclic esters (lactones) is 3. The van der Waals surface area contributed by atoms with E-state index in [1.807, 2.05) is 0 Å². The highest BCUT2D eigenvalue weighted by Crippen LogP contribution is 2.31. The van der Waals surface area contributed by atoms with Crippen molar-refractivity contribution < 1.29 is 38.4 Å². The van der Waals surface area contributed by atoms with Crippen LogP contribution in [0, 0.1) is 5.92 Å². The molecule has 1 unspecified atom stereocenters. The van der Waals surface area contributed by atoms with Crippen LogP contribution in [0.3, 0.4) is 0 Å². The molecule has 0 aromatic heterocycles. The van der Waals surface area contributed by atoms with Gasteiger partial charge in [0.25, 0.3) is 5.79 Å². The second-order valence-corrected chi connectivity index (χ2v) is 6.87. The van der Waals surface area contributed by atoms with Gasteiger partial charge < -0.3 is 24.1 Å². The van der Waals surface area contributed by atoms with Crippen LogP contribution in [0.15, 0.2) is 47.5 Å². The van der Waals surface area contributed by atoms with E-state index >= 15 is 0 Å². The van der Waals surface area contributed by atoms with Gasteiger partial charge in [-0.3, -0.25) is 0 Å². The smallest absolute Gasteiger partial charge is 0.348 e. The van der Waals surface area contributed by atoms with Crippen LogP contribution >= 0.6 is 0 Å². The van der Waals surface area contributed by atoms with Crippen LogP contribution < -0.4 is 5.11 Å². The van der Waals surface area contributed by atoms with Crippen LogP contribution in [0.4, 0.5) is 0 Å². The summed E-state index contributed by atoms with van der Waals surface area (Å²) in [6.45, 7) is 7.94. The molecule has 1 fully saturated rings. The van der Waals surface area contributed by atoms with Crippen LogP contribution in [0.2, 0.25) is 0 Å². The summed E-state index contributed by atoms with van der Waals surface area (Å²) in [7, 11) is 0. The van der Waals surface area contributed by atoms with E-state index < -0.39 is 35.4 Å². The van der Waals surface area contributed by atoms with Crippen molar-refractivity contribution in [1.29, 1.82) is 0 Å². The van der Waals surface area contributed by atoms with E-state index in [1.54, 1.807) is 13.8 Å². The zero-order valence-corrected chi connectivity index (χ0v) is 15.7. The van der Waals surface area contributed by atoms with Gasteiger partial charge in [-0.25, -0.2) is 14.4 Å². The minimum Gasteiger partial charge on any atom is -0.574 e. The highest BCUT2D eigenvalue weighted by molar-refractivity contribution is 6.15. The van der Waals surface area contributed by atoms with Crippen molar-refractivity contribution in [2.45, 2.75) is 46.2 Å². The molecule has 8 nitrogen and oxygen atoms in total. The quantitative estimate of drug-likeness (QED) is 0.313. The van der Waals surface area contributed by atoms with Crippen LogP contribution in [0.5, 0.6) is 0 Å². The van der Waals surface area contributed by atoms with Crippen LogP contribution in [0.25, 0.3) is 0 Å². The van der Waals surface area contributed by atoms with Gasteiger partial charge in [-0.05, 0) is 19.1 Å². The molecule has 2 rings (SSSR count). The first-order valence-corrected chi connectivity index (χ1v) is 8.30. The van der Waals surface area contributed by atoms with Crippen molar-refractivity contribution in [2.24, 2.45) is 5.92 Å². The fourth-order valence-corrected chi connectivity index (χ4v) is 2.12. The number of rotatable bonds is 4. The van der Waals surface area contributed by atoms with Crippen molar-refractivity contribution in [3.63, 3.8) is 0 Å². The minimum atomic E-state index is -1.31. The predicted octanol–water partition coefficient (Wildman–Crippen LogP) is 1.38. The molecule has 0 aromatic rings. The fraction of sp³-hybridized carbons (Fsp3) is 0.421. The Hall–Kier alpha value is -3.03. The molecule has 2 aliphatic rings. The molecule has 2 aliphatic heterocycles. The molecule has 0 N–H and O–H groups in total. The molecule has 0 spiro atoms. The van der Waals surface area contributed by atoms with E-state index in [1.165, 1.54) is 51.2 Å². The maximum Gasteiger partial charge on any atom is 0.348 e. The van der Waals surface area contributed by atoms with Crippen LogP contribution in [0.1, 0.15) is 34.6 Å². The average Bonchev–Trinajstić information content (AvgIpc) is 2.50. The molecule has 2 heterocycles. The van der Waals surface area contributed by atoms with Gasteiger partial charge in [-0.1, -0.05) is 32.1 Å². The summed E-state index contributed by atoms with van der Waals surface area (Å²) in [5.74, 6) is -5.99. The maximum absolute atomic E-state index is 12.0. The standard InChI is InChI=1S/C19H22O8/c1-11(2)19(5)26-16(22)13(17(23)27-19)10-8-6-7-9-12-14(20)24-18(3,4)25-15(12)21/h6-11,22H,1-5H3/p-1/b7-6+,10-8+. The summed E-state index contributed by atoms with van der Waals surface area (Å²) in [6.07, 6.45) is 6.58. The number of carbonyl (C=O) groups is 3. The van der Waals surface area contributed by atoms with Crippen LogP contribution in [-0.4, -0.2) is 29.5 Å². The lowest BCUT2D eigenvalue weighted by molar-refractivity contribution is -0.401. The Morgan fingerprint density at radius 3 is 1.96 bits per heavy atom. The first-order chi connectivity index (χ1) is 12.4. The van der Waals surface area contributed by atoms with E-state index in [2.05, 4.69) is 0 Å². The summed E-state index contributed by atoms with van der Waals surface area (Å²) >= 11 is 0. The fourth-order valence-electron chi connectivity index (χ4n) is 2.12. The summed E-state index contributed by atoms with van der Waals surface area (Å²) in [6, 6.07) is 0. The molecule has 146 valence electrons. The molecule has 1 saturated heterocycles. The van der Waals surface area contributed by atoms with Crippen LogP contribution in [-0.2, 0) is 33.3 Å². The highest BCUT2D eigenvalue weighted by atomic mass is 16.8. The van der Waals surface area contributed by atoms with Crippen molar-refractivity contribution >= 4 is 17.9 Å². The third-order valence-corrected chi connectivity index (χ3v) is 3.94. The van der Waals surface area contributed by atoms with E-state index in [-0.39, 0.29) is 17.1 Å². The number of hydrogen-bond acceptors (Lipinski definition) is 8. The topological polar surface area (TPSA) is 111 Å². The first-order valence-electron chi connectivity index (χ1n) is 8.30. The van der Waals surface area contributed by atoms with E-state index in [4.69, 9.17) is 18.9 Å². The third kappa shape index (κ3) is 4.58. The molecule has 0 amide bonds. The number of carbonyl (C=O) groups excluding carboxylic acids is 3. The van der Waals surface area contributed by atoms with E-state index in [0.29, 0.717) is 0 Å². The second kappa shape index (κ2) is 7.30. The SMILES string of the molecule is CC(C)C1(C)OC(=O)C(/C=C/C=C/C=C2C(=O)OC(C)(C)OC2=O)=C([O-])O1. The first kappa shape index (κ1) is 20.3. The summed E-state index contributed by atoms with van der Waals surface area (Å²) in [5.41, 5.74) is -0.528. The van der Waals surface area contributed by atoms with Crippen molar-refractivity contribution in [3.8, 4) is 0 Å². The molecule has 0 aliphatic carbocycles. The van der Waals surface area contributed by atoms with Gasteiger partial charge in [-0.15, -0.1) is 0 Å². The number of esters is 3. The van der Waals surface area contributed by atoms with Gasteiger partial charge in [0.15, 0.2) is 5.79 Å². The highest BCUT2D eigenvalue weighted by Gasteiger charge is 2.38. The molecular formula is C19H21O8-. The molecule has 8 heteroatoms. The molecular weight excluding hydrogens is 356 g/mol. The lowest BCUT2D eigenvalue weighted by Gasteiger charge is -2.44. The molecule has 1 atom stereocenters. The molecule has 0 aromatic carbocycles. The summed E-state index contributed by atoms with van der Waals surface area (Å²) < 4.78 is 20.3. The number of allylic oxidation sites excluding steroid dienone is 4. The Labute approximate surface area is 156 Å². The summed E-state index contributed by atoms with van der Waals surface area (Å²) in [4.78, 5) is 35.5. The second-order valence-electron chi connectivity index (χ2n) is 6.87. The predicted molar refractivity (Wildman–Crippen MR) is 90.1 cm³/mol. The van der Waals surface area contributed by atoms with Gasteiger partial charge >= 0.3 is 17.9 Å². The monoisotopic (exact) mass is 377 g/mol. The Balaban J connectivity index is 2.08. The zero-order valence-electron chi connectivity index (χ0n) is 15.7. The van der Waals surface area contributed by atoms with Crippen molar-refractivity contribution in [3.05, 3.63) is 47.5 Å². The Morgan fingerprint density at radius 1 is 0.852 bits per heavy atom. The average molecular weight is 377 g/mol. The normalized spacial score (nSPS) is 25.6. The molecule has 27 heavy (non-hydrogen) atoms. The number of hydrogen-bond donors (Lipinski definition) is 0. The molecule has 0 saturated carbocycles. The Kier molecular flexibility index (Phi) is 5.48. The van der Waals surface area contributed by atoms with E-state index in [0.717, 1.165) is 0 Å². The zero-order chi connectivity index (χ0) is 20.4. The Morgan fingerprint density at radius 2 is 1.44 bits per heavy atom. The molecule has 0 bridgehead atoms. The molecule has 0 radical (unpaired) electrons. The van der Waals surface area contributed by atoms with Gasteiger partial charge in [0.2, 0.25) is 0 Å². The lowest BCUT2D eigenvalue weighted by atomic mass is 10.0. The van der Waals surface area contributed by atoms with Crippen molar-refractivity contribution in [1.82, 2.24) is 0 Å². The van der Waals surface area contributed by atoms with Crippen molar-refractivity contribution in [2.75, 3.05) is 0 Å². The third-order valence-electron chi connectivity index (χ3n) is 3.94. The maximum atomic E-state index is 12.0. The van der Waals surface area contributed by atoms with E-state index in [9.17, 15) is 19.5 Å². The Bertz CT molecular complexity index is 760. The van der Waals surface area contributed by atoms with Gasteiger partial charge in [0.1, 0.15) is 5.57 Å². The van der Waals surface area contributed by atoms with Gasteiger partial charge in [-0.2, -0.15) is 0 Å². The lowest BCUT2D eigenvalue weighted by Crippen LogP contribution is -2.45. The summed E-state index contributed by atoms with van der Waals surface area (Å²) in [5, 5.41) is 12.0. The minimum absolute atomic E-state index is 0.206. The largest absolute Gasteiger partial charge is 0.574 e.